The Morgan fingerprint density at radius 3 is 1.18 bits per heavy atom. The second-order valence-electron chi connectivity index (χ2n) is 8.23. The van der Waals surface area contributed by atoms with Crippen molar-refractivity contribution in [3.8, 4) is 20.9 Å². The zero-order valence-electron chi connectivity index (χ0n) is 17.9. The first kappa shape index (κ1) is 20.3. The predicted molar refractivity (Wildman–Crippen MR) is 140 cm³/mol. The summed E-state index contributed by atoms with van der Waals surface area (Å²) >= 11 is 1.83. The van der Waals surface area contributed by atoms with Crippen LogP contribution in [0.1, 0.15) is 32.8 Å². The van der Waals surface area contributed by atoms with Crippen molar-refractivity contribution in [1.29, 1.82) is 0 Å². The Morgan fingerprint density at radius 1 is 0.485 bits per heavy atom. The molecule has 4 aromatic carbocycles. The van der Waals surface area contributed by atoms with Gasteiger partial charge >= 0.3 is 0 Å². The Bertz CT molecular complexity index is 1300. The maximum atomic E-state index is 14.3. The summed E-state index contributed by atoms with van der Waals surface area (Å²) in [6.45, 7) is 0. The minimum Gasteiger partial charge on any atom is -0.258 e. The Kier molecular flexibility index (Phi) is 5.29. The van der Waals surface area contributed by atoms with E-state index in [0.29, 0.717) is 0 Å². The lowest BCUT2D eigenvalue weighted by atomic mass is 9.92. The third-order valence-corrected chi connectivity index (χ3v) is 9.51. The molecule has 0 N–H and O–H groups in total. The quantitative estimate of drug-likeness (QED) is 0.264. The monoisotopic (exact) mass is 462 g/mol. The molecule has 160 valence electrons. The van der Waals surface area contributed by atoms with E-state index < -0.39 is 10.8 Å². The fraction of sp³-hybridized carbons (Fsp3) is 0.0667. The van der Waals surface area contributed by atoms with E-state index in [4.69, 9.17) is 0 Å². The Balaban J connectivity index is 1.69. The van der Waals surface area contributed by atoms with Gasteiger partial charge in [-0.15, -0.1) is 11.3 Å². The van der Waals surface area contributed by atoms with Crippen LogP contribution in [0.2, 0.25) is 0 Å². The predicted octanol–water partition coefficient (Wildman–Crippen LogP) is 8.02. The van der Waals surface area contributed by atoms with Crippen LogP contribution in [0, 0.1) is 0 Å². The van der Waals surface area contributed by atoms with Gasteiger partial charge in [-0.25, -0.2) is 0 Å². The highest BCUT2D eigenvalue weighted by atomic mass is 32.2. The van der Waals surface area contributed by atoms with Crippen LogP contribution in [0.4, 0.5) is 0 Å². The second kappa shape index (κ2) is 8.58. The summed E-state index contributed by atoms with van der Waals surface area (Å²) in [6, 6.07) is 41.8. The molecule has 0 amide bonds. The van der Waals surface area contributed by atoms with Gasteiger partial charge in [0.1, 0.15) is 0 Å². The van der Waals surface area contributed by atoms with Crippen molar-refractivity contribution in [2.75, 3.05) is 0 Å². The molecule has 3 atom stereocenters. The van der Waals surface area contributed by atoms with Gasteiger partial charge in [-0.1, -0.05) is 121 Å². The van der Waals surface area contributed by atoms with Crippen molar-refractivity contribution >= 4 is 22.1 Å². The first-order valence-electron chi connectivity index (χ1n) is 11.1. The van der Waals surface area contributed by atoms with Gasteiger partial charge in [-0.3, -0.25) is 4.21 Å². The number of hydrogen-bond acceptors (Lipinski definition) is 2. The van der Waals surface area contributed by atoms with E-state index in [1.807, 2.05) is 23.5 Å². The van der Waals surface area contributed by atoms with Crippen molar-refractivity contribution in [2.45, 2.75) is 10.5 Å². The molecule has 6 rings (SSSR count). The van der Waals surface area contributed by atoms with Crippen LogP contribution in [0.5, 0.6) is 0 Å². The first-order valence-corrected chi connectivity index (χ1v) is 13.2. The third-order valence-electron chi connectivity index (χ3n) is 6.25. The average molecular weight is 463 g/mol. The van der Waals surface area contributed by atoms with Gasteiger partial charge in [0.15, 0.2) is 0 Å². The zero-order chi connectivity index (χ0) is 22.2. The Hall–Kier alpha value is -3.27. The van der Waals surface area contributed by atoms with Crippen LogP contribution in [0.25, 0.3) is 20.9 Å². The molecule has 0 saturated carbocycles. The SMILES string of the molecule is O=S1[C@H](c2ccccc2)c2c(-c3ccccc3)sc(-c3ccccc3)c2[C@@H]1c1ccccc1. The van der Waals surface area contributed by atoms with E-state index in [2.05, 4.69) is 109 Å². The molecule has 1 nitrogen and oxygen atoms in total. The van der Waals surface area contributed by atoms with Crippen LogP contribution in [-0.4, -0.2) is 4.21 Å². The first-order chi connectivity index (χ1) is 16.3. The molecule has 1 unspecified atom stereocenters. The van der Waals surface area contributed by atoms with Crippen molar-refractivity contribution in [3.63, 3.8) is 0 Å². The van der Waals surface area contributed by atoms with Gasteiger partial charge in [0.25, 0.3) is 0 Å². The maximum Gasteiger partial charge on any atom is 0.0874 e. The van der Waals surface area contributed by atoms with Crippen LogP contribution in [-0.2, 0) is 10.8 Å². The molecule has 0 saturated heterocycles. The van der Waals surface area contributed by atoms with Crippen LogP contribution in [0.3, 0.4) is 0 Å². The summed E-state index contributed by atoms with van der Waals surface area (Å²) in [5.41, 5.74) is 7.06. The van der Waals surface area contributed by atoms with Crippen LogP contribution in [0.15, 0.2) is 121 Å². The van der Waals surface area contributed by atoms with Gasteiger partial charge in [0.05, 0.1) is 10.5 Å². The van der Waals surface area contributed by atoms with Gasteiger partial charge in [-0.2, -0.15) is 0 Å². The van der Waals surface area contributed by atoms with Crippen molar-refractivity contribution in [3.05, 3.63) is 144 Å². The zero-order valence-corrected chi connectivity index (χ0v) is 19.6. The molecule has 0 aliphatic carbocycles. The molecule has 1 aliphatic rings. The van der Waals surface area contributed by atoms with Crippen LogP contribution >= 0.6 is 11.3 Å². The minimum atomic E-state index is -1.13. The number of fused-ring (bicyclic) bond motifs is 1. The number of thiophene rings is 1. The molecule has 0 bridgehead atoms. The molecule has 1 aliphatic heterocycles. The standard InChI is InChI=1S/C30H22OS2/c31-33-29(23-17-9-3-10-18-23)25-26(30(33)24-19-11-4-12-20-24)28(22-15-7-2-8-16-22)32-27(25)21-13-5-1-6-14-21/h1-20,29-30H/t29-,30+,33?. The summed E-state index contributed by atoms with van der Waals surface area (Å²) in [5, 5.41) is -0.314. The van der Waals surface area contributed by atoms with Gasteiger partial charge in [0, 0.05) is 20.6 Å². The van der Waals surface area contributed by atoms with Gasteiger partial charge in [0.2, 0.25) is 0 Å². The number of benzene rings is 4. The van der Waals surface area contributed by atoms with E-state index in [1.54, 1.807) is 0 Å². The summed E-state index contributed by atoms with van der Waals surface area (Å²) in [4.78, 5) is 2.45. The van der Waals surface area contributed by atoms with E-state index in [-0.39, 0.29) is 10.5 Å². The molecule has 3 heteroatoms. The summed E-state index contributed by atoms with van der Waals surface area (Å²) in [6.07, 6.45) is 0. The lowest BCUT2D eigenvalue weighted by Crippen LogP contribution is -2.07. The normalized spacial score (nSPS) is 19.3. The fourth-order valence-electron chi connectivity index (χ4n) is 4.81. The van der Waals surface area contributed by atoms with Crippen molar-refractivity contribution in [1.82, 2.24) is 0 Å². The second-order valence-corrected chi connectivity index (χ2v) is 10.9. The summed E-state index contributed by atoms with van der Waals surface area (Å²) in [7, 11) is -1.13. The third kappa shape index (κ3) is 3.49. The molecule has 0 radical (unpaired) electrons. The fourth-order valence-corrected chi connectivity index (χ4v) is 8.42. The lowest BCUT2D eigenvalue weighted by Gasteiger charge is -2.16. The molecular formula is C30H22OS2. The van der Waals surface area contributed by atoms with Gasteiger partial charge < -0.3 is 0 Å². The van der Waals surface area contributed by atoms with Crippen molar-refractivity contribution in [2.24, 2.45) is 0 Å². The Labute approximate surface area is 200 Å². The molecule has 0 spiro atoms. The van der Waals surface area contributed by atoms with Crippen LogP contribution < -0.4 is 0 Å². The van der Waals surface area contributed by atoms with Crippen molar-refractivity contribution < 1.29 is 4.21 Å². The maximum absolute atomic E-state index is 14.3. The van der Waals surface area contributed by atoms with E-state index >= 15 is 0 Å². The van der Waals surface area contributed by atoms with E-state index in [9.17, 15) is 4.21 Å². The molecule has 0 fully saturated rings. The largest absolute Gasteiger partial charge is 0.258 e. The molecular weight excluding hydrogens is 440 g/mol. The summed E-state index contributed by atoms with van der Waals surface area (Å²) in [5.74, 6) is 0. The topological polar surface area (TPSA) is 17.1 Å². The highest BCUT2D eigenvalue weighted by Gasteiger charge is 2.45. The number of rotatable bonds is 4. The molecule has 5 aromatic rings. The number of hydrogen-bond donors (Lipinski definition) is 0. The highest BCUT2D eigenvalue weighted by Crippen LogP contribution is 2.58. The summed E-state index contributed by atoms with van der Waals surface area (Å²) < 4.78 is 14.3. The van der Waals surface area contributed by atoms with Gasteiger partial charge in [-0.05, 0) is 33.4 Å². The van der Waals surface area contributed by atoms with E-state index in [1.165, 1.54) is 32.0 Å². The average Bonchev–Trinajstić information content (AvgIpc) is 3.40. The molecule has 1 aromatic heterocycles. The lowest BCUT2D eigenvalue weighted by molar-refractivity contribution is 0.677. The smallest absolute Gasteiger partial charge is 0.0874 e. The highest BCUT2D eigenvalue weighted by molar-refractivity contribution is 7.86. The minimum absolute atomic E-state index is 0.157. The van der Waals surface area contributed by atoms with E-state index in [0.717, 1.165) is 11.1 Å². The molecule has 33 heavy (non-hydrogen) atoms. The Morgan fingerprint density at radius 2 is 0.818 bits per heavy atom. The molecule has 2 heterocycles.